The Bertz CT molecular complexity index is 489. The first kappa shape index (κ1) is 21.9. The fraction of sp³-hybridized carbons (Fsp3) is 0.625. The maximum atomic E-state index is 12.4. The molecule has 1 atom stereocenters. The van der Waals surface area contributed by atoms with Gasteiger partial charge in [-0.25, -0.2) is 0 Å². The Balaban J connectivity index is 0.00000144. The van der Waals surface area contributed by atoms with Gasteiger partial charge in [-0.3, -0.25) is 4.90 Å². The van der Waals surface area contributed by atoms with Crippen LogP contribution in [0.4, 0.5) is 13.2 Å². The topological polar surface area (TPSA) is 15.3 Å². The molecule has 1 aliphatic heterocycles. The van der Waals surface area contributed by atoms with Crippen LogP contribution >= 0.6 is 36.6 Å². The second-order valence-electron chi connectivity index (χ2n) is 6.10. The molecule has 2 aliphatic rings. The molecule has 138 valence electrons. The summed E-state index contributed by atoms with van der Waals surface area (Å²) in [5.74, 6) is 0.795. The summed E-state index contributed by atoms with van der Waals surface area (Å²) in [4.78, 5) is 2.74. The van der Waals surface area contributed by atoms with Gasteiger partial charge in [-0.2, -0.15) is 13.2 Å². The van der Waals surface area contributed by atoms with Crippen LogP contribution in [-0.4, -0.2) is 36.6 Å². The molecular formula is C16H23Cl2F3N2S. The van der Waals surface area contributed by atoms with Crippen LogP contribution in [0.25, 0.3) is 0 Å². The lowest BCUT2D eigenvalue weighted by Crippen LogP contribution is -2.45. The average molecular weight is 403 g/mol. The lowest BCUT2D eigenvalue weighted by molar-refractivity contribution is -0.0328. The molecule has 0 radical (unpaired) electrons. The summed E-state index contributed by atoms with van der Waals surface area (Å²) in [6, 6.07) is 7.32. The van der Waals surface area contributed by atoms with E-state index in [1.165, 1.54) is 12.8 Å². The highest BCUT2D eigenvalue weighted by atomic mass is 35.5. The minimum atomic E-state index is -4.21. The van der Waals surface area contributed by atoms with E-state index < -0.39 is 5.51 Å². The fourth-order valence-corrected chi connectivity index (χ4v) is 3.59. The fourth-order valence-electron chi connectivity index (χ4n) is 3.05. The van der Waals surface area contributed by atoms with E-state index in [1.54, 1.807) is 12.1 Å². The molecule has 2 fully saturated rings. The number of hydrogen-bond donors (Lipinski definition) is 1. The number of piperazine rings is 1. The minimum Gasteiger partial charge on any atom is -0.314 e. The number of halogens is 5. The molecule has 1 N–H and O–H groups in total. The van der Waals surface area contributed by atoms with Gasteiger partial charge in [0.15, 0.2) is 0 Å². The van der Waals surface area contributed by atoms with Gasteiger partial charge in [0.05, 0.1) is 0 Å². The third kappa shape index (κ3) is 6.64. The van der Waals surface area contributed by atoms with Gasteiger partial charge in [0.2, 0.25) is 0 Å². The van der Waals surface area contributed by atoms with Crippen molar-refractivity contribution >= 4 is 36.6 Å². The number of hydrogen-bond acceptors (Lipinski definition) is 3. The van der Waals surface area contributed by atoms with Crippen molar-refractivity contribution in [3.8, 4) is 0 Å². The van der Waals surface area contributed by atoms with Crippen molar-refractivity contribution in [2.45, 2.75) is 35.7 Å². The second-order valence-corrected chi connectivity index (χ2v) is 7.24. The van der Waals surface area contributed by atoms with Crippen molar-refractivity contribution in [1.29, 1.82) is 0 Å². The van der Waals surface area contributed by atoms with Gasteiger partial charge in [0.1, 0.15) is 0 Å². The highest BCUT2D eigenvalue weighted by Crippen LogP contribution is 2.41. The Morgan fingerprint density at radius 3 is 2.17 bits per heavy atom. The molecule has 0 amide bonds. The monoisotopic (exact) mass is 402 g/mol. The molecule has 1 saturated heterocycles. The van der Waals surface area contributed by atoms with Crippen molar-refractivity contribution in [3.05, 3.63) is 29.8 Å². The maximum Gasteiger partial charge on any atom is 0.446 e. The first-order valence-corrected chi connectivity index (χ1v) is 8.63. The number of benzene rings is 1. The van der Waals surface area contributed by atoms with Gasteiger partial charge in [0, 0.05) is 37.1 Å². The van der Waals surface area contributed by atoms with Crippen LogP contribution < -0.4 is 5.32 Å². The van der Waals surface area contributed by atoms with Gasteiger partial charge in [-0.05, 0) is 41.8 Å². The summed E-state index contributed by atoms with van der Waals surface area (Å²) in [7, 11) is 0. The third-order valence-corrected chi connectivity index (χ3v) is 5.08. The van der Waals surface area contributed by atoms with Crippen LogP contribution in [0, 0.1) is 5.92 Å². The molecule has 24 heavy (non-hydrogen) atoms. The van der Waals surface area contributed by atoms with E-state index in [0.717, 1.165) is 44.1 Å². The van der Waals surface area contributed by atoms with Crippen LogP contribution in [0.2, 0.25) is 0 Å². The number of nitrogens with one attached hydrogen (secondary N) is 1. The van der Waals surface area contributed by atoms with Crippen molar-refractivity contribution < 1.29 is 13.2 Å². The molecule has 1 aliphatic carbocycles. The predicted molar refractivity (Wildman–Crippen MR) is 97.4 cm³/mol. The van der Waals surface area contributed by atoms with Crippen molar-refractivity contribution in [2.75, 3.05) is 26.2 Å². The summed E-state index contributed by atoms with van der Waals surface area (Å²) < 4.78 is 37.3. The molecule has 0 spiro atoms. The summed E-state index contributed by atoms with van der Waals surface area (Å²) >= 11 is -0.0406. The van der Waals surface area contributed by atoms with E-state index >= 15 is 0 Å². The lowest BCUT2D eigenvalue weighted by atomic mass is 9.99. The predicted octanol–water partition coefficient (Wildman–Crippen LogP) is 4.89. The van der Waals surface area contributed by atoms with Gasteiger partial charge in [-0.1, -0.05) is 25.0 Å². The van der Waals surface area contributed by atoms with Crippen molar-refractivity contribution in [1.82, 2.24) is 10.2 Å². The zero-order valence-corrected chi connectivity index (χ0v) is 15.7. The Hall–Kier alpha value is -0.140. The first-order valence-electron chi connectivity index (χ1n) is 7.82. The molecule has 2 nitrogen and oxygen atoms in total. The molecule has 3 rings (SSSR count). The molecule has 1 saturated carbocycles. The Labute approximate surface area is 157 Å². The molecule has 1 aromatic carbocycles. The second kappa shape index (κ2) is 9.53. The standard InChI is InChI=1S/C16H21F3N2S.2ClH/c17-16(18,19)22-14-5-3-13(4-6-14)15(11-12-1-2-12)21-9-7-20-8-10-21;;/h3-6,12,15,20H,1-2,7-11H2;2*1H/t15-;;/m1../s1. The smallest absolute Gasteiger partial charge is 0.314 e. The summed E-state index contributed by atoms with van der Waals surface area (Å²) in [6.07, 6.45) is 3.72. The molecule has 1 aromatic rings. The van der Waals surface area contributed by atoms with Crippen LogP contribution in [0.15, 0.2) is 29.2 Å². The number of alkyl halides is 3. The van der Waals surface area contributed by atoms with Gasteiger partial charge >= 0.3 is 5.51 Å². The number of nitrogens with zero attached hydrogens (tertiary/aromatic N) is 1. The molecule has 0 bridgehead atoms. The summed E-state index contributed by atoms with van der Waals surface area (Å²) in [5.41, 5.74) is -3.06. The molecule has 0 aromatic heterocycles. The van der Waals surface area contributed by atoms with E-state index in [-0.39, 0.29) is 41.5 Å². The molecular weight excluding hydrogens is 380 g/mol. The highest BCUT2D eigenvalue weighted by Gasteiger charge is 2.31. The number of thioether (sulfide) groups is 1. The van der Waals surface area contributed by atoms with Gasteiger partial charge < -0.3 is 5.32 Å². The van der Waals surface area contributed by atoms with Gasteiger partial charge in [0.25, 0.3) is 0 Å². The van der Waals surface area contributed by atoms with E-state index in [2.05, 4.69) is 10.2 Å². The average Bonchev–Trinajstić information content (AvgIpc) is 3.29. The first-order chi connectivity index (χ1) is 10.5. The zero-order chi connectivity index (χ0) is 15.6. The Morgan fingerprint density at radius 2 is 1.67 bits per heavy atom. The zero-order valence-electron chi connectivity index (χ0n) is 13.2. The van der Waals surface area contributed by atoms with Crippen LogP contribution in [0.1, 0.15) is 30.9 Å². The Morgan fingerprint density at radius 1 is 1.08 bits per heavy atom. The quantitative estimate of drug-likeness (QED) is 0.705. The van der Waals surface area contributed by atoms with E-state index in [4.69, 9.17) is 0 Å². The van der Waals surface area contributed by atoms with E-state index in [9.17, 15) is 13.2 Å². The van der Waals surface area contributed by atoms with Crippen molar-refractivity contribution in [2.24, 2.45) is 5.92 Å². The molecule has 0 unspecified atom stereocenters. The SMILES string of the molecule is Cl.Cl.FC(F)(F)Sc1ccc([C@@H](CC2CC2)N2CCNCC2)cc1. The highest BCUT2D eigenvalue weighted by molar-refractivity contribution is 8.00. The van der Waals surface area contributed by atoms with E-state index in [0.29, 0.717) is 6.04 Å². The van der Waals surface area contributed by atoms with E-state index in [1.807, 2.05) is 12.1 Å². The van der Waals surface area contributed by atoms with Crippen LogP contribution in [0.5, 0.6) is 0 Å². The van der Waals surface area contributed by atoms with Crippen molar-refractivity contribution in [3.63, 3.8) is 0 Å². The van der Waals surface area contributed by atoms with Gasteiger partial charge in [-0.15, -0.1) is 24.8 Å². The van der Waals surface area contributed by atoms with Crippen LogP contribution in [-0.2, 0) is 0 Å². The maximum absolute atomic E-state index is 12.4. The van der Waals surface area contributed by atoms with Crippen LogP contribution in [0.3, 0.4) is 0 Å². The third-order valence-electron chi connectivity index (χ3n) is 4.34. The Kier molecular flexibility index (Phi) is 8.70. The molecule has 1 heterocycles. The minimum absolute atomic E-state index is 0. The summed E-state index contributed by atoms with van der Waals surface area (Å²) in [6.45, 7) is 4.00. The normalized spacial score (nSPS) is 20.0. The largest absolute Gasteiger partial charge is 0.446 e. The summed E-state index contributed by atoms with van der Waals surface area (Å²) in [5, 5.41) is 3.35. The lowest BCUT2D eigenvalue weighted by Gasteiger charge is -2.35. The number of rotatable bonds is 5. The molecule has 8 heteroatoms.